The molecule has 0 aromatic carbocycles. The van der Waals surface area contributed by atoms with Gasteiger partial charge in [-0.25, -0.2) is 0 Å². The smallest absolute Gasteiger partial charge is 0.00170 e. The van der Waals surface area contributed by atoms with Crippen molar-refractivity contribution in [3.05, 3.63) is 23.1 Å². The number of thioether (sulfide) groups is 1. The van der Waals surface area contributed by atoms with Crippen molar-refractivity contribution in [2.24, 2.45) is 5.92 Å². The maximum atomic E-state index is 2.28. The fourth-order valence-corrected chi connectivity index (χ4v) is 2.67. The molecule has 1 aliphatic heterocycles. The lowest BCUT2D eigenvalue weighted by atomic mass is 9.98. The van der Waals surface area contributed by atoms with E-state index < -0.39 is 0 Å². The molecule has 1 aliphatic carbocycles. The van der Waals surface area contributed by atoms with Crippen LogP contribution in [0.4, 0.5) is 0 Å². The van der Waals surface area contributed by atoms with Crippen molar-refractivity contribution in [2.75, 3.05) is 5.75 Å². The Kier molecular flexibility index (Phi) is 1.38. The van der Waals surface area contributed by atoms with Crippen molar-refractivity contribution < 1.29 is 0 Å². The van der Waals surface area contributed by atoms with Crippen LogP contribution in [0.25, 0.3) is 0 Å². The van der Waals surface area contributed by atoms with Gasteiger partial charge in [-0.2, -0.15) is 0 Å². The Balaban J connectivity index is 2.23. The molecule has 1 fully saturated rings. The van der Waals surface area contributed by atoms with Gasteiger partial charge in [0.1, 0.15) is 0 Å². The first-order valence-electron chi connectivity index (χ1n) is 3.46. The molecule has 0 N–H and O–H groups in total. The molecule has 0 amide bonds. The predicted molar refractivity (Wildman–Crippen MR) is 42.4 cm³/mol. The summed E-state index contributed by atoms with van der Waals surface area (Å²) in [7, 11) is 0. The summed E-state index contributed by atoms with van der Waals surface area (Å²) in [5, 5.41) is 0. The van der Waals surface area contributed by atoms with Crippen LogP contribution in [0.3, 0.4) is 0 Å². The summed E-state index contributed by atoms with van der Waals surface area (Å²) >= 11 is 2.04. The second-order valence-corrected chi connectivity index (χ2v) is 3.74. The maximum Gasteiger partial charge on any atom is -0.00170 e. The van der Waals surface area contributed by atoms with Crippen molar-refractivity contribution in [3.63, 3.8) is 0 Å². The average Bonchev–Trinajstić information content (AvgIpc) is 2.33. The van der Waals surface area contributed by atoms with E-state index in [1.54, 1.807) is 4.91 Å². The summed E-state index contributed by atoms with van der Waals surface area (Å²) in [6.07, 6.45) is 9.43. The summed E-state index contributed by atoms with van der Waals surface area (Å²) in [6, 6.07) is 0. The summed E-state index contributed by atoms with van der Waals surface area (Å²) in [6.45, 7) is 0. The van der Waals surface area contributed by atoms with Crippen molar-refractivity contribution in [1.29, 1.82) is 0 Å². The lowest BCUT2D eigenvalue weighted by Gasteiger charge is -2.09. The molecule has 0 saturated carbocycles. The first-order chi connectivity index (χ1) is 4.47. The van der Waals surface area contributed by atoms with Gasteiger partial charge in [-0.05, 0) is 29.4 Å². The third-order valence-electron chi connectivity index (χ3n) is 1.95. The molecular weight excluding hydrogens is 128 g/mol. The van der Waals surface area contributed by atoms with Gasteiger partial charge in [-0.1, -0.05) is 18.2 Å². The van der Waals surface area contributed by atoms with Crippen molar-refractivity contribution in [3.8, 4) is 0 Å². The molecule has 0 bridgehead atoms. The Morgan fingerprint density at radius 3 is 3.44 bits per heavy atom. The number of fused-ring (bicyclic) bond motifs is 1. The van der Waals surface area contributed by atoms with Gasteiger partial charge >= 0.3 is 0 Å². The van der Waals surface area contributed by atoms with Crippen molar-refractivity contribution in [2.45, 2.75) is 12.8 Å². The monoisotopic (exact) mass is 138 g/mol. The SMILES string of the molecule is C1=CCC2CCSC2=C1. The maximum absolute atomic E-state index is 2.28. The average molecular weight is 138 g/mol. The van der Waals surface area contributed by atoms with Crippen LogP contribution in [0.2, 0.25) is 0 Å². The van der Waals surface area contributed by atoms with Gasteiger partial charge in [-0.3, -0.25) is 0 Å². The van der Waals surface area contributed by atoms with Gasteiger partial charge in [0, 0.05) is 0 Å². The molecule has 0 radical (unpaired) electrons. The molecule has 2 aliphatic rings. The van der Waals surface area contributed by atoms with E-state index in [2.05, 4.69) is 18.2 Å². The van der Waals surface area contributed by atoms with E-state index in [0.717, 1.165) is 5.92 Å². The van der Waals surface area contributed by atoms with Gasteiger partial charge in [-0.15, -0.1) is 11.8 Å². The summed E-state index contributed by atoms with van der Waals surface area (Å²) in [5.74, 6) is 2.25. The van der Waals surface area contributed by atoms with E-state index in [9.17, 15) is 0 Å². The van der Waals surface area contributed by atoms with Crippen LogP contribution in [0.15, 0.2) is 23.1 Å². The van der Waals surface area contributed by atoms with E-state index in [4.69, 9.17) is 0 Å². The number of rotatable bonds is 0. The topological polar surface area (TPSA) is 0 Å². The molecule has 2 rings (SSSR count). The Morgan fingerprint density at radius 2 is 2.56 bits per heavy atom. The number of hydrogen-bond acceptors (Lipinski definition) is 1. The third kappa shape index (κ3) is 0.940. The summed E-state index contributed by atoms with van der Waals surface area (Å²) < 4.78 is 0. The minimum Gasteiger partial charge on any atom is -0.130 e. The molecule has 1 heterocycles. The van der Waals surface area contributed by atoms with Gasteiger partial charge in [0.15, 0.2) is 0 Å². The molecular formula is C8H10S. The van der Waals surface area contributed by atoms with Gasteiger partial charge in [0.2, 0.25) is 0 Å². The molecule has 48 valence electrons. The largest absolute Gasteiger partial charge is 0.130 e. The zero-order chi connectivity index (χ0) is 6.10. The van der Waals surface area contributed by atoms with Gasteiger partial charge < -0.3 is 0 Å². The molecule has 0 nitrogen and oxygen atoms in total. The van der Waals surface area contributed by atoms with Crippen LogP contribution >= 0.6 is 11.8 Å². The van der Waals surface area contributed by atoms with E-state index in [-0.39, 0.29) is 0 Å². The standard InChI is InChI=1S/C8H10S/c1-2-4-8-7(3-1)5-6-9-8/h1-2,4,7H,3,5-6H2. The highest BCUT2D eigenvalue weighted by Gasteiger charge is 2.20. The van der Waals surface area contributed by atoms with Crippen LogP contribution in [0.1, 0.15) is 12.8 Å². The molecule has 1 saturated heterocycles. The second kappa shape index (κ2) is 2.22. The molecule has 1 heteroatoms. The predicted octanol–water partition coefficient (Wildman–Crippen LogP) is 2.58. The highest BCUT2D eigenvalue weighted by atomic mass is 32.2. The van der Waals surface area contributed by atoms with E-state index >= 15 is 0 Å². The quantitative estimate of drug-likeness (QED) is 0.496. The molecule has 0 spiro atoms. The van der Waals surface area contributed by atoms with E-state index in [1.807, 2.05) is 11.8 Å². The van der Waals surface area contributed by atoms with Crippen LogP contribution in [-0.2, 0) is 0 Å². The van der Waals surface area contributed by atoms with E-state index in [1.165, 1.54) is 18.6 Å². The molecule has 1 unspecified atom stereocenters. The molecule has 0 aromatic heterocycles. The lowest BCUT2D eigenvalue weighted by molar-refractivity contribution is 0.647. The lowest BCUT2D eigenvalue weighted by Crippen LogP contribution is -1.95. The van der Waals surface area contributed by atoms with Crippen LogP contribution in [0.5, 0.6) is 0 Å². The van der Waals surface area contributed by atoms with Crippen molar-refractivity contribution in [1.82, 2.24) is 0 Å². The second-order valence-electron chi connectivity index (χ2n) is 2.57. The minimum absolute atomic E-state index is 0.903. The van der Waals surface area contributed by atoms with Crippen LogP contribution in [0, 0.1) is 5.92 Å². The Hall–Kier alpha value is -0.170. The Bertz CT molecular complexity index is 167. The fraction of sp³-hybridized carbons (Fsp3) is 0.500. The highest BCUT2D eigenvalue weighted by Crippen LogP contribution is 2.39. The van der Waals surface area contributed by atoms with Gasteiger partial charge in [0.25, 0.3) is 0 Å². The fourth-order valence-electron chi connectivity index (χ4n) is 1.40. The minimum atomic E-state index is 0.903. The summed E-state index contributed by atoms with van der Waals surface area (Å²) in [5.41, 5.74) is 0. The zero-order valence-corrected chi connectivity index (χ0v) is 6.16. The Morgan fingerprint density at radius 1 is 1.56 bits per heavy atom. The molecule has 0 aromatic rings. The first kappa shape index (κ1) is 5.60. The van der Waals surface area contributed by atoms with E-state index in [0.29, 0.717) is 0 Å². The number of hydrogen-bond donors (Lipinski definition) is 0. The van der Waals surface area contributed by atoms with Gasteiger partial charge in [0.05, 0.1) is 0 Å². The highest BCUT2D eigenvalue weighted by molar-refractivity contribution is 8.03. The van der Waals surface area contributed by atoms with Crippen LogP contribution in [-0.4, -0.2) is 5.75 Å². The summed E-state index contributed by atoms with van der Waals surface area (Å²) in [4.78, 5) is 1.62. The number of allylic oxidation sites excluding steroid dienone is 4. The first-order valence-corrected chi connectivity index (χ1v) is 4.45. The van der Waals surface area contributed by atoms with Crippen LogP contribution < -0.4 is 0 Å². The third-order valence-corrected chi connectivity index (χ3v) is 3.20. The van der Waals surface area contributed by atoms with Crippen molar-refractivity contribution >= 4 is 11.8 Å². The molecule has 1 atom stereocenters. The normalized spacial score (nSPS) is 32.0. The Labute approximate surface area is 60.0 Å². The zero-order valence-electron chi connectivity index (χ0n) is 5.34. The molecule has 9 heavy (non-hydrogen) atoms.